The Morgan fingerprint density at radius 3 is 2.22 bits per heavy atom. The molecule has 4 bridgehead atoms. The van der Waals surface area contributed by atoms with Gasteiger partial charge in [0.2, 0.25) is 11.8 Å². The molecule has 0 atom stereocenters. The summed E-state index contributed by atoms with van der Waals surface area (Å²) < 4.78 is 11.4. The Morgan fingerprint density at radius 1 is 0.946 bits per heavy atom. The summed E-state index contributed by atoms with van der Waals surface area (Å²) in [5.74, 6) is 3.83. The molecule has 0 aliphatic heterocycles. The fourth-order valence-corrected chi connectivity index (χ4v) is 7.52. The predicted molar refractivity (Wildman–Crippen MR) is 142 cm³/mol. The zero-order valence-electron chi connectivity index (χ0n) is 22.5. The van der Waals surface area contributed by atoms with Crippen LogP contribution in [0, 0.1) is 30.1 Å². The van der Waals surface area contributed by atoms with Gasteiger partial charge in [-0.3, -0.25) is 9.59 Å². The summed E-state index contributed by atoms with van der Waals surface area (Å²) in [5.41, 5.74) is 0.803. The van der Waals surface area contributed by atoms with E-state index in [0.29, 0.717) is 50.6 Å². The van der Waals surface area contributed by atoms with Crippen molar-refractivity contribution < 1.29 is 18.7 Å². The molecule has 1 aromatic carbocycles. The topological polar surface area (TPSA) is 63.0 Å². The Labute approximate surface area is 221 Å². The van der Waals surface area contributed by atoms with Gasteiger partial charge in [0.1, 0.15) is 11.5 Å². The standard InChI is InChI=1S/C31H42N2O4/c1-3-36-13-7-12-32(30(35)31-17-25-14-26(18-31)16-27(15-25)19-31)22-29(34)33(20-24-8-5-4-6-9-24)21-28-11-10-23(2)37-28/h4-6,8-11,25-27H,3,7,12-22H2,1-2H3. The number of aryl methyl sites for hydroxylation is 1. The summed E-state index contributed by atoms with van der Waals surface area (Å²) in [4.78, 5) is 31.8. The average molecular weight is 507 g/mol. The van der Waals surface area contributed by atoms with Crippen LogP contribution in [0.5, 0.6) is 0 Å². The SMILES string of the molecule is CCOCCCN(CC(=O)N(Cc1ccccc1)Cc1ccc(C)o1)C(=O)C12CC3CC(CC(C3)C1)C2. The van der Waals surface area contributed by atoms with E-state index in [0.717, 1.165) is 42.8 Å². The normalized spacial score (nSPS) is 25.8. The Kier molecular flexibility index (Phi) is 8.04. The van der Waals surface area contributed by atoms with Crippen molar-refractivity contribution in [2.24, 2.45) is 23.2 Å². The number of benzene rings is 1. The van der Waals surface area contributed by atoms with Crippen LogP contribution < -0.4 is 0 Å². The molecular formula is C31H42N2O4. The van der Waals surface area contributed by atoms with E-state index in [2.05, 4.69) is 0 Å². The third-order valence-electron chi connectivity index (χ3n) is 8.74. The van der Waals surface area contributed by atoms with Gasteiger partial charge >= 0.3 is 0 Å². The molecule has 1 heterocycles. The molecule has 0 radical (unpaired) electrons. The molecule has 0 N–H and O–H groups in total. The van der Waals surface area contributed by atoms with Crippen LogP contribution in [0.3, 0.4) is 0 Å². The van der Waals surface area contributed by atoms with Crippen LogP contribution in [0.2, 0.25) is 0 Å². The Balaban J connectivity index is 1.34. The molecule has 2 aromatic rings. The Hall–Kier alpha value is -2.60. The Bertz CT molecular complexity index is 1030. The van der Waals surface area contributed by atoms with E-state index in [1.165, 1.54) is 19.3 Å². The lowest BCUT2D eigenvalue weighted by molar-refractivity contribution is -0.160. The van der Waals surface area contributed by atoms with Gasteiger partial charge in [0.05, 0.1) is 18.5 Å². The molecule has 4 aliphatic carbocycles. The van der Waals surface area contributed by atoms with Crippen molar-refractivity contribution in [1.29, 1.82) is 0 Å². The number of amides is 2. The molecule has 4 fully saturated rings. The number of carbonyl (C=O) groups is 2. The molecule has 1 aromatic heterocycles. The van der Waals surface area contributed by atoms with Gasteiger partial charge in [-0.1, -0.05) is 30.3 Å². The van der Waals surface area contributed by atoms with E-state index in [4.69, 9.17) is 9.15 Å². The summed E-state index contributed by atoms with van der Waals surface area (Å²) in [5, 5.41) is 0. The maximum atomic E-state index is 14.2. The van der Waals surface area contributed by atoms with Crippen LogP contribution in [0.15, 0.2) is 46.9 Å². The zero-order chi connectivity index (χ0) is 25.8. The molecular weight excluding hydrogens is 464 g/mol. The van der Waals surface area contributed by atoms with E-state index in [9.17, 15) is 9.59 Å². The van der Waals surface area contributed by atoms with Gasteiger partial charge in [0, 0.05) is 26.3 Å². The van der Waals surface area contributed by atoms with E-state index < -0.39 is 0 Å². The summed E-state index contributed by atoms with van der Waals surface area (Å²) >= 11 is 0. The lowest BCUT2D eigenvalue weighted by Gasteiger charge is -2.56. The van der Waals surface area contributed by atoms with Crippen molar-refractivity contribution in [2.75, 3.05) is 26.3 Å². The minimum absolute atomic E-state index is 0.0348. The smallest absolute Gasteiger partial charge is 0.242 e. The van der Waals surface area contributed by atoms with Gasteiger partial charge in [-0.25, -0.2) is 0 Å². The van der Waals surface area contributed by atoms with Gasteiger partial charge < -0.3 is 19.0 Å². The molecule has 37 heavy (non-hydrogen) atoms. The largest absolute Gasteiger partial charge is 0.464 e. The maximum Gasteiger partial charge on any atom is 0.242 e. The van der Waals surface area contributed by atoms with Crippen LogP contribution in [0.4, 0.5) is 0 Å². The summed E-state index contributed by atoms with van der Waals surface area (Å²) in [7, 11) is 0. The maximum absolute atomic E-state index is 14.2. The van der Waals surface area contributed by atoms with E-state index in [1.54, 1.807) is 0 Å². The van der Waals surface area contributed by atoms with Gasteiger partial charge in [-0.05, 0) is 94.2 Å². The first-order valence-corrected chi connectivity index (χ1v) is 14.2. The molecule has 0 saturated heterocycles. The van der Waals surface area contributed by atoms with Crippen molar-refractivity contribution in [3.05, 3.63) is 59.5 Å². The second-order valence-electron chi connectivity index (χ2n) is 11.7. The minimum atomic E-state index is -0.261. The van der Waals surface area contributed by atoms with Crippen molar-refractivity contribution in [3.8, 4) is 0 Å². The van der Waals surface area contributed by atoms with Crippen LogP contribution in [0.25, 0.3) is 0 Å². The fraction of sp³-hybridized carbons (Fsp3) is 0.613. The third kappa shape index (κ3) is 6.11. The van der Waals surface area contributed by atoms with Gasteiger partial charge in [0.15, 0.2) is 0 Å². The number of carbonyl (C=O) groups excluding carboxylic acids is 2. The predicted octanol–water partition coefficient (Wildman–Crippen LogP) is 5.59. The quantitative estimate of drug-likeness (QED) is 0.352. The average Bonchev–Trinajstić information content (AvgIpc) is 3.29. The van der Waals surface area contributed by atoms with Crippen molar-refractivity contribution in [3.63, 3.8) is 0 Å². The highest BCUT2D eigenvalue weighted by Crippen LogP contribution is 2.60. The Morgan fingerprint density at radius 2 is 1.62 bits per heavy atom. The molecule has 4 saturated carbocycles. The molecule has 4 aliphatic rings. The van der Waals surface area contributed by atoms with Gasteiger partial charge in [-0.2, -0.15) is 0 Å². The van der Waals surface area contributed by atoms with E-state index in [1.807, 2.05) is 66.1 Å². The molecule has 200 valence electrons. The van der Waals surface area contributed by atoms with Crippen LogP contribution in [0.1, 0.15) is 69.0 Å². The molecule has 2 amide bonds. The highest BCUT2D eigenvalue weighted by atomic mass is 16.5. The molecule has 6 nitrogen and oxygen atoms in total. The molecule has 6 heteroatoms. The highest BCUT2D eigenvalue weighted by molar-refractivity contribution is 5.88. The first kappa shape index (κ1) is 26.0. The number of hydrogen-bond acceptors (Lipinski definition) is 4. The van der Waals surface area contributed by atoms with Crippen LogP contribution in [-0.2, 0) is 27.4 Å². The number of rotatable bonds is 12. The van der Waals surface area contributed by atoms with Crippen molar-refractivity contribution in [1.82, 2.24) is 9.80 Å². The van der Waals surface area contributed by atoms with E-state index in [-0.39, 0.29) is 23.8 Å². The molecule has 6 rings (SSSR count). The highest BCUT2D eigenvalue weighted by Gasteiger charge is 2.55. The summed E-state index contributed by atoms with van der Waals surface area (Å²) in [6.45, 7) is 6.71. The second kappa shape index (κ2) is 11.4. The number of hydrogen-bond donors (Lipinski definition) is 0. The second-order valence-corrected chi connectivity index (χ2v) is 11.7. The van der Waals surface area contributed by atoms with Crippen LogP contribution >= 0.6 is 0 Å². The number of furan rings is 1. The van der Waals surface area contributed by atoms with Crippen molar-refractivity contribution in [2.45, 2.75) is 71.9 Å². The monoisotopic (exact) mass is 506 g/mol. The summed E-state index contributed by atoms with van der Waals surface area (Å²) in [6.07, 6.45) is 7.65. The third-order valence-corrected chi connectivity index (χ3v) is 8.74. The first-order chi connectivity index (χ1) is 17.9. The first-order valence-electron chi connectivity index (χ1n) is 14.2. The fourth-order valence-electron chi connectivity index (χ4n) is 7.52. The van der Waals surface area contributed by atoms with Gasteiger partial charge in [0.25, 0.3) is 0 Å². The number of nitrogens with zero attached hydrogens (tertiary/aromatic N) is 2. The lowest BCUT2D eigenvalue weighted by Crippen LogP contribution is -2.56. The lowest BCUT2D eigenvalue weighted by atomic mass is 9.49. The summed E-state index contributed by atoms with van der Waals surface area (Å²) in [6, 6.07) is 13.9. The molecule has 0 spiro atoms. The van der Waals surface area contributed by atoms with E-state index >= 15 is 0 Å². The number of ether oxygens (including phenoxy) is 1. The minimum Gasteiger partial charge on any atom is -0.464 e. The zero-order valence-corrected chi connectivity index (χ0v) is 22.5. The van der Waals surface area contributed by atoms with Crippen molar-refractivity contribution >= 4 is 11.8 Å². The van der Waals surface area contributed by atoms with Gasteiger partial charge in [-0.15, -0.1) is 0 Å². The molecule has 0 unspecified atom stereocenters. The van der Waals surface area contributed by atoms with Crippen LogP contribution in [-0.4, -0.2) is 47.9 Å².